The maximum absolute atomic E-state index is 5.88. The van der Waals surface area contributed by atoms with Crippen LogP contribution in [0.3, 0.4) is 0 Å². The first-order chi connectivity index (χ1) is 11.8. The molecular formula is C19H34IN3O3. The van der Waals surface area contributed by atoms with E-state index in [1.54, 1.807) is 21.3 Å². The van der Waals surface area contributed by atoms with Crippen LogP contribution in [0.5, 0.6) is 11.5 Å². The Morgan fingerprint density at radius 2 is 1.58 bits per heavy atom. The van der Waals surface area contributed by atoms with Crippen molar-refractivity contribution in [1.29, 1.82) is 0 Å². The molecule has 0 aromatic heterocycles. The Hall–Kier alpha value is -1.22. The lowest BCUT2D eigenvalue weighted by Crippen LogP contribution is -2.47. The van der Waals surface area contributed by atoms with E-state index in [1.807, 2.05) is 31.2 Å². The molecule has 0 heterocycles. The van der Waals surface area contributed by atoms with Gasteiger partial charge in [-0.15, -0.1) is 24.0 Å². The van der Waals surface area contributed by atoms with Crippen LogP contribution < -0.4 is 20.1 Å². The summed E-state index contributed by atoms with van der Waals surface area (Å²) in [5.74, 6) is 2.36. The van der Waals surface area contributed by atoms with Crippen molar-refractivity contribution in [2.45, 2.75) is 39.9 Å². The van der Waals surface area contributed by atoms with E-state index in [2.05, 4.69) is 36.4 Å². The molecule has 0 saturated carbocycles. The number of guanidine groups is 1. The number of methoxy groups -OCH3 is 2. The highest BCUT2D eigenvalue weighted by molar-refractivity contribution is 14.0. The van der Waals surface area contributed by atoms with Crippen molar-refractivity contribution in [2.75, 3.05) is 34.4 Å². The second-order valence-corrected chi connectivity index (χ2v) is 7.03. The zero-order valence-corrected chi connectivity index (χ0v) is 19.3. The maximum atomic E-state index is 5.88. The molecule has 7 heteroatoms. The minimum Gasteiger partial charge on any atom is -0.497 e. The zero-order valence-electron chi connectivity index (χ0n) is 17.0. The standard InChI is InChI=1S/C19H33N3O3.HI/c1-14(25-16-10-8-15(23-6)9-11-16)12-21-18(20-5)22-13-17(24-7)19(2,3)4;/h8-11,14,17H,12-13H2,1-7H3,(H2,20,21,22);1H. The molecule has 0 spiro atoms. The highest BCUT2D eigenvalue weighted by Gasteiger charge is 2.24. The van der Waals surface area contributed by atoms with Crippen LogP contribution in [0.2, 0.25) is 0 Å². The Kier molecular flexibility index (Phi) is 11.6. The molecule has 2 N–H and O–H groups in total. The number of benzene rings is 1. The molecule has 6 nitrogen and oxygen atoms in total. The second-order valence-electron chi connectivity index (χ2n) is 7.03. The molecule has 0 bridgehead atoms. The lowest BCUT2D eigenvalue weighted by Gasteiger charge is -2.30. The molecular weight excluding hydrogens is 445 g/mol. The molecule has 0 aliphatic carbocycles. The number of hydrogen-bond acceptors (Lipinski definition) is 4. The van der Waals surface area contributed by atoms with Gasteiger partial charge in [0.1, 0.15) is 17.6 Å². The number of halogens is 1. The van der Waals surface area contributed by atoms with E-state index in [1.165, 1.54) is 0 Å². The number of rotatable bonds is 8. The number of aliphatic imine (C=N–C) groups is 1. The van der Waals surface area contributed by atoms with Crippen molar-refractivity contribution >= 4 is 29.9 Å². The van der Waals surface area contributed by atoms with Crippen LogP contribution in [-0.4, -0.2) is 52.5 Å². The number of nitrogens with one attached hydrogen (secondary N) is 2. The van der Waals surface area contributed by atoms with Crippen molar-refractivity contribution in [3.8, 4) is 11.5 Å². The predicted molar refractivity (Wildman–Crippen MR) is 118 cm³/mol. The van der Waals surface area contributed by atoms with E-state index in [0.29, 0.717) is 13.1 Å². The maximum Gasteiger partial charge on any atom is 0.191 e. The van der Waals surface area contributed by atoms with Crippen LogP contribution in [-0.2, 0) is 4.74 Å². The van der Waals surface area contributed by atoms with Crippen LogP contribution in [0.25, 0.3) is 0 Å². The number of ether oxygens (including phenoxy) is 3. The third-order valence-corrected chi connectivity index (χ3v) is 3.88. The van der Waals surface area contributed by atoms with Gasteiger partial charge in [0.05, 0.1) is 19.8 Å². The average Bonchev–Trinajstić information content (AvgIpc) is 2.57. The molecule has 0 amide bonds. The Morgan fingerprint density at radius 1 is 1.04 bits per heavy atom. The Labute approximate surface area is 175 Å². The van der Waals surface area contributed by atoms with Crippen molar-refractivity contribution in [1.82, 2.24) is 10.6 Å². The van der Waals surface area contributed by atoms with Crippen molar-refractivity contribution in [2.24, 2.45) is 10.4 Å². The highest BCUT2D eigenvalue weighted by atomic mass is 127. The summed E-state index contributed by atoms with van der Waals surface area (Å²) in [5, 5.41) is 6.58. The van der Waals surface area contributed by atoms with Gasteiger partial charge >= 0.3 is 0 Å². The summed E-state index contributed by atoms with van der Waals surface area (Å²) in [5.41, 5.74) is 0.0609. The average molecular weight is 479 g/mol. The molecule has 1 rings (SSSR count). The Balaban J connectivity index is 0.00000625. The minimum absolute atomic E-state index is 0. The van der Waals surface area contributed by atoms with Gasteiger partial charge in [-0.3, -0.25) is 4.99 Å². The van der Waals surface area contributed by atoms with Gasteiger partial charge in [0.15, 0.2) is 5.96 Å². The molecule has 26 heavy (non-hydrogen) atoms. The quantitative estimate of drug-likeness (QED) is 0.341. The smallest absolute Gasteiger partial charge is 0.191 e. The van der Waals surface area contributed by atoms with Crippen molar-refractivity contribution < 1.29 is 14.2 Å². The lowest BCUT2D eigenvalue weighted by atomic mass is 9.89. The van der Waals surface area contributed by atoms with Crippen LogP contribution in [0, 0.1) is 5.41 Å². The largest absolute Gasteiger partial charge is 0.497 e. The molecule has 1 aromatic carbocycles. The molecule has 0 radical (unpaired) electrons. The van der Waals surface area contributed by atoms with Gasteiger partial charge in [-0.05, 0) is 36.6 Å². The molecule has 0 aliphatic heterocycles. The minimum atomic E-state index is -0.00668. The summed E-state index contributed by atoms with van der Waals surface area (Å²) in [6.45, 7) is 9.81. The van der Waals surface area contributed by atoms with E-state index >= 15 is 0 Å². The van der Waals surface area contributed by atoms with Gasteiger partial charge in [0, 0.05) is 20.7 Å². The molecule has 150 valence electrons. The first-order valence-corrected chi connectivity index (χ1v) is 8.58. The first-order valence-electron chi connectivity index (χ1n) is 8.58. The summed E-state index contributed by atoms with van der Waals surface area (Å²) >= 11 is 0. The monoisotopic (exact) mass is 479 g/mol. The summed E-state index contributed by atoms with van der Waals surface area (Å²) in [6.07, 6.45) is 0.0896. The lowest BCUT2D eigenvalue weighted by molar-refractivity contribution is 0.0205. The van der Waals surface area contributed by atoms with Gasteiger partial charge in [-0.1, -0.05) is 20.8 Å². The highest BCUT2D eigenvalue weighted by Crippen LogP contribution is 2.21. The topological polar surface area (TPSA) is 64.1 Å². The first kappa shape index (κ1) is 24.8. The summed E-state index contributed by atoms with van der Waals surface area (Å²) in [4.78, 5) is 4.24. The molecule has 1 aromatic rings. The predicted octanol–water partition coefficient (Wildman–Crippen LogP) is 3.31. The van der Waals surface area contributed by atoms with Gasteiger partial charge < -0.3 is 24.8 Å². The second kappa shape index (κ2) is 12.2. The zero-order chi connectivity index (χ0) is 18.9. The van der Waals surface area contributed by atoms with Crippen LogP contribution in [0.4, 0.5) is 0 Å². The summed E-state index contributed by atoms with van der Waals surface area (Å²) < 4.78 is 16.6. The van der Waals surface area contributed by atoms with Gasteiger partial charge in [0.2, 0.25) is 0 Å². The molecule has 0 saturated heterocycles. The van der Waals surface area contributed by atoms with Gasteiger partial charge in [-0.25, -0.2) is 0 Å². The fourth-order valence-electron chi connectivity index (χ4n) is 2.32. The van der Waals surface area contributed by atoms with E-state index in [4.69, 9.17) is 14.2 Å². The van der Waals surface area contributed by atoms with E-state index < -0.39 is 0 Å². The molecule has 2 unspecified atom stereocenters. The SMILES string of the molecule is CN=C(NCC(C)Oc1ccc(OC)cc1)NCC(OC)C(C)(C)C.I. The van der Waals surface area contributed by atoms with Crippen molar-refractivity contribution in [3.63, 3.8) is 0 Å². The van der Waals surface area contributed by atoms with E-state index in [-0.39, 0.29) is 41.6 Å². The third kappa shape index (κ3) is 8.93. The van der Waals surface area contributed by atoms with Crippen molar-refractivity contribution in [3.05, 3.63) is 24.3 Å². The molecule has 0 aliphatic rings. The van der Waals surface area contributed by atoms with E-state index in [9.17, 15) is 0 Å². The van der Waals surface area contributed by atoms with Crippen LogP contribution in [0.15, 0.2) is 29.3 Å². The Bertz CT molecular complexity index is 530. The third-order valence-electron chi connectivity index (χ3n) is 3.88. The van der Waals surface area contributed by atoms with Crippen LogP contribution >= 0.6 is 24.0 Å². The fraction of sp³-hybridized carbons (Fsp3) is 0.632. The fourth-order valence-corrected chi connectivity index (χ4v) is 2.32. The van der Waals surface area contributed by atoms with Gasteiger partial charge in [-0.2, -0.15) is 0 Å². The summed E-state index contributed by atoms with van der Waals surface area (Å²) in [7, 11) is 5.14. The summed E-state index contributed by atoms with van der Waals surface area (Å²) in [6, 6.07) is 7.56. The van der Waals surface area contributed by atoms with E-state index in [0.717, 1.165) is 17.5 Å². The number of hydrogen-bond donors (Lipinski definition) is 2. The van der Waals surface area contributed by atoms with Gasteiger partial charge in [0.25, 0.3) is 0 Å². The molecule has 2 atom stereocenters. The molecule has 0 fully saturated rings. The van der Waals surface area contributed by atoms with Crippen LogP contribution in [0.1, 0.15) is 27.7 Å². The Morgan fingerprint density at radius 3 is 2.04 bits per heavy atom. The normalized spacial score (nSPS) is 14.0. The number of nitrogens with zero attached hydrogens (tertiary/aromatic N) is 1.